The summed E-state index contributed by atoms with van der Waals surface area (Å²) >= 11 is 0. The van der Waals surface area contributed by atoms with Crippen LogP contribution in [0, 0.1) is 0 Å². The molecule has 0 heterocycles. The number of aliphatic hydroxyl groups is 1. The number of hydrogen-bond acceptors (Lipinski definition) is 2. The van der Waals surface area contributed by atoms with E-state index >= 15 is 0 Å². The van der Waals surface area contributed by atoms with Crippen LogP contribution >= 0.6 is 0 Å². The SMILES string of the molecule is CCC[C@H](C)OC[C@H](C)O. The Morgan fingerprint density at radius 3 is 2.40 bits per heavy atom. The van der Waals surface area contributed by atoms with E-state index in [4.69, 9.17) is 9.84 Å². The van der Waals surface area contributed by atoms with Crippen LogP contribution in [0.2, 0.25) is 0 Å². The second-order valence-corrected chi connectivity index (χ2v) is 2.78. The minimum absolute atomic E-state index is 0.291. The van der Waals surface area contributed by atoms with Crippen molar-refractivity contribution < 1.29 is 9.84 Å². The van der Waals surface area contributed by atoms with Crippen LogP contribution in [0.3, 0.4) is 0 Å². The summed E-state index contributed by atoms with van der Waals surface area (Å²) < 4.78 is 5.29. The Balaban J connectivity index is 3.12. The fraction of sp³-hybridized carbons (Fsp3) is 1.00. The van der Waals surface area contributed by atoms with E-state index in [9.17, 15) is 0 Å². The van der Waals surface area contributed by atoms with Crippen LogP contribution in [0.15, 0.2) is 0 Å². The van der Waals surface area contributed by atoms with Gasteiger partial charge >= 0.3 is 0 Å². The summed E-state index contributed by atoms with van der Waals surface area (Å²) in [5, 5.41) is 8.84. The Hall–Kier alpha value is -0.0800. The van der Waals surface area contributed by atoms with Gasteiger partial charge in [0, 0.05) is 0 Å². The molecule has 0 aliphatic carbocycles. The number of ether oxygens (including phenoxy) is 1. The average molecular weight is 146 g/mol. The zero-order chi connectivity index (χ0) is 7.98. The molecule has 0 rings (SSSR count). The Morgan fingerprint density at radius 2 is 2.00 bits per heavy atom. The van der Waals surface area contributed by atoms with Crippen molar-refractivity contribution in [2.24, 2.45) is 0 Å². The van der Waals surface area contributed by atoms with E-state index in [2.05, 4.69) is 6.92 Å². The van der Waals surface area contributed by atoms with Crippen molar-refractivity contribution in [1.82, 2.24) is 0 Å². The average Bonchev–Trinajstić information content (AvgIpc) is 1.85. The largest absolute Gasteiger partial charge is 0.391 e. The zero-order valence-corrected chi connectivity index (χ0v) is 7.13. The maximum atomic E-state index is 8.84. The van der Waals surface area contributed by atoms with Crippen LogP contribution in [0.5, 0.6) is 0 Å². The van der Waals surface area contributed by atoms with Crippen molar-refractivity contribution in [2.45, 2.75) is 45.8 Å². The van der Waals surface area contributed by atoms with Crippen molar-refractivity contribution in [3.8, 4) is 0 Å². The summed E-state index contributed by atoms with van der Waals surface area (Å²) in [7, 11) is 0. The van der Waals surface area contributed by atoms with Gasteiger partial charge in [0.15, 0.2) is 0 Å². The molecule has 0 spiro atoms. The first-order valence-electron chi connectivity index (χ1n) is 3.96. The summed E-state index contributed by atoms with van der Waals surface area (Å²) in [6.07, 6.45) is 2.17. The summed E-state index contributed by atoms with van der Waals surface area (Å²) in [5.74, 6) is 0. The highest BCUT2D eigenvalue weighted by Gasteiger charge is 2.01. The molecule has 0 aromatic carbocycles. The molecule has 2 heteroatoms. The van der Waals surface area contributed by atoms with Gasteiger partial charge in [0.25, 0.3) is 0 Å². The number of rotatable bonds is 5. The highest BCUT2D eigenvalue weighted by molar-refractivity contribution is 4.50. The van der Waals surface area contributed by atoms with E-state index in [0.717, 1.165) is 12.8 Å². The van der Waals surface area contributed by atoms with Gasteiger partial charge in [0.2, 0.25) is 0 Å². The van der Waals surface area contributed by atoms with Crippen LogP contribution in [-0.4, -0.2) is 23.9 Å². The molecule has 0 aliphatic rings. The third kappa shape index (κ3) is 6.05. The summed E-state index contributed by atoms with van der Waals surface area (Å²) in [5.41, 5.74) is 0. The van der Waals surface area contributed by atoms with Crippen LogP contribution in [0.4, 0.5) is 0 Å². The maximum absolute atomic E-state index is 8.84. The molecule has 0 unspecified atom stereocenters. The lowest BCUT2D eigenvalue weighted by Crippen LogP contribution is -2.16. The molecule has 0 saturated heterocycles. The predicted octanol–water partition coefficient (Wildman–Crippen LogP) is 1.57. The highest BCUT2D eigenvalue weighted by atomic mass is 16.5. The van der Waals surface area contributed by atoms with Gasteiger partial charge in [-0.3, -0.25) is 0 Å². The van der Waals surface area contributed by atoms with Crippen LogP contribution in [0.25, 0.3) is 0 Å². The standard InChI is InChI=1S/C8H18O2/c1-4-5-8(3)10-6-7(2)9/h7-9H,4-6H2,1-3H3/t7-,8-/m0/s1. The van der Waals surface area contributed by atoms with Gasteiger partial charge in [0.1, 0.15) is 0 Å². The fourth-order valence-electron chi connectivity index (χ4n) is 0.793. The Bertz CT molecular complexity index is 71.7. The third-order valence-corrected chi connectivity index (χ3v) is 1.32. The molecule has 0 saturated carbocycles. The van der Waals surface area contributed by atoms with E-state index in [0.29, 0.717) is 12.7 Å². The van der Waals surface area contributed by atoms with E-state index in [1.165, 1.54) is 0 Å². The van der Waals surface area contributed by atoms with Crippen LogP contribution in [0.1, 0.15) is 33.6 Å². The maximum Gasteiger partial charge on any atom is 0.0745 e. The Kier molecular flexibility index (Phi) is 5.64. The molecule has 62 valence electrons. The zero-order valence-electron chi connectivity index (χ0n) is 7.13. The first-order valence-corrected chi connectivity index (χ1v) is 3.96. The smallest absolute Gasteiger partial charge is 0.0745 e. The molecule has 0 fully saturated rings. The van der Waals surface area contributed by atoms with Gasteiger partial charge in [0.05, 0.1) is 18.8 Å². The molecule has 0 aromatic rings. The van der Waals surface area contributed by atoms with E-state index in [1.54, 1.807) is 6.92 Å². The third-order valence-electron chi connectivity index (χ3n) is 1.32. The number of hydrogen-bond donors (Lipinski definition) is 1. The van der Waals surface area contributed by atoms with Crippen molar-refractivity contribution in [3.05, 3.63) is 0 Å². The first-order chi connectivity index (χ1) is 4.66. The van der Waals surface area contributed by atoms with Crippen LogP contribution < -0.4 is 0 Å². The quantitative estimate of drug-likeness (QED) is 0.638. The summed E-state index contributed by atoms with van der Waals surface area (Å²) in [4.78, 5) is 0. The van der Waals surface area contributed by atoms with E-state index in [1.807, 2.05) is 6.92 Å². The Morgan fingerprint density at radius 1 is 1.40 bits per heavy atom. The van der Waals surface area contributed by atoms with Gasteiger partial charge in [-0.05, 0) is 20.3 Å². The van der Waals surface area contributed by atoms with Gasteiger partial charge in [-0.2, -0.15) is 0 Å². The molecule has 0 aromatic heterocycles. The summed E-state index contributed by atoms with van der Waals surface area (Å²) in [6, 6.07) is 0. The first kappa shape index (κ1) is 9.92. The van der Waals surface area contributed by atoms with Gasteiger partial charge in [-0.25, -0.2) is 0 Å². The molecular weight excluding hydrogens is 128 g/mol. The van der Waals surface area contributed by atoms with Crippen molar-refractivity contribution in [2.75, 3.05) is 6.61 Å². The van der Waals surface area contributed by atoms with E-state index < -0.39 is 0 Å². The van der Waals surface area contributed by atoms with Gasteiger partial charge in [-0.15, -0.1) is 0 Å². The van der Waals surface area contributed by atoms with E-state index in [-0.39, 0.29) is 6.10 Å². The monoisotopic (exact) mass is 146 g/mol. The molecule has 0 aliphatic heterocycles. The molecule has 0 radical (unpaired) electrons. The van der Waals surface area contributed by atoms with Gasteiger partial charge in [-0.1, -0.05) is 13.3 Å². The molecule has 0 amide bonds. The summed E-state index contributed by atoms with van der Waals surface area (Å²) in [6.45, 7) is 6.36. The topological polar surface area (TPSA) is 29.5 Å². The van der Waals surface area contributed by atoms with Crippen molar-refractivity contribution in [1.29, 1.82) is 0 Å². The number of aliphatic hydroxyl groups excluding tert-OH is 1. The lowest BCUT2D eigenvalue weighted by atomic mass is 10.2. The Labute approximate surface area is 63.2 Å². The minimum Gasteiger partial charge on any atom is -0.391 e. The lowest BCUT2D eigenvalue weighted by Gasteiger charge is -2.12. The molecule has 1 N–H and O–H groups in total. The predicted molar refractivity (Wildman–Crippen MR) is 42.0 cm³/mol. The highest BCUT2D eigenvalue weighted by Crippen LogP contribution is 2.00. The molecule has 10 heavy (non-hydrogen) atoms. The normalized spacial score (nSPS) is 16.8. The second kappa shape index (κ2) is 5.69. The van der Waals surface area contributed by atoms with Crippen LogP contribution in [-0.2, 0) is 4.74 Å². The molecule has 2 nitrogen and oxygen atoms in total. The molecular formula is C8H18O2. The second-order valence-electron chi connectivity index (χ2n) is 2.78. The molecule has 2 atom stereocenters. The molecule has 0 bridgehead atoms. The fourth-order valence-corrected chi connectivity index (χ4v) is 0.793. The van der Waals surface area contributed by atoms with Gasteiger partial charge < -0.3 is 9.84 Å². The van der Waals surface area contributed by atoms with Crippen molar-refractivity contribution in [3.63, 3.8) is 0 Å². The lowest BCUT2D eigenvalue weighted by molar-refractivity contribution is 0.00196. The van der Waals surface area contributed by atoms with Crippen molar-refractivity contribution >= 4 is 0 Å². The minimum atomic E-state index is -0.334.